The van der Waals surface area contributed by atoms with Crippen molar-refractivity contribution in [1.82, 2.24) is 19.8 Å². The van der Waals surface area contributed by atoms with Gasteiger partial charge < -0.3 is 24.3 Å². The minimum atomic E-state index is -0.774. The van der Waals surface area contributed by atoms with E-state index in [1.165, 1.54) is 19.1 Å². The third kappa shape index (κ3) is 3.35. The van der Waals surface area contributed by atoms with Crippen LogP contribution in [0, 0.1) is 0 Å². The first kappa shape index (κ1) is 21.5. The van der Waals surface area contributed by atoms with Crippen LogP contribution in [0.15, 0.2) is 55.1 Å². The summed E-state index contributed by atoms with van der Waals surface area (Å²) in [4.78, 5) is 46.9. The number of hydrogen-bond donors (Lipinski definition) is 1. The number of carbonyl (C=O) groups is 3. The molecular formula is C24H23N5O5. The van der Waals surface area contributed by atoms with Gasteiger partial charge in [0, 0.05) is 31.0 Å². The fourth-order valence-electron chi connectivity index (χ4n) is 4.54. The van der Waals surface area contributed by atoms with Gasteiger partial charge in [0.15, 0.2) is 11.5 Å². The Morgan fingerprint density at radius 2 is 1.91 bits per heavy atom. The van der Waals surface area contributed by atoms with Gasteiger partial charge in [-0.05, 0) is 18.2 Å². The van der Waals surface area contributed by atoms with Crippen molar-refractivity contribution in [3.8, 4) is 11.5 Å². The highest BCUT2D eigenvalue weighted by atomic mass is 16.5. The molecule has 174 valence electrons. The van der Waals surface area contributed by atoms with Crippen LogP contribution in [-0.2, 0) is 11.3 Å². The van der Waals surface area contributed by atoms with E-state index in [0.29, 0.717) is 47.0 Å². The number of benzene rings is 2. The Morgan fingerprint density at radius 3 is 2.65 bits per heavy atom. The van der Waals surface area contributed by atoms with E-state index >= 15 is 0 Å². The second kappa shape index (κ2) is 8.54. The molecule has 34 heavy (non-hydrogen) atoms. The standard InChI is InChI=1S/C24H23N5O5/c1-33-18-8-7-16-20(21(18)34-2)24(32)29-17-6-4-3-5-15(17)23(31)28(22(16)29)13-19(30)26-10-12-27-11-9-25-14-27/h3-9,11,14,22H,10,12-13H2,1-2H3,(H,26,30). The lowest BCUT2D eigenvalue weighted by Gasteiger charge is -2.40. The lowest BCUT2D eigenvalue weighted by atomic mass is 10.0. The Bertz CT molecular complexity index is 1270. The van der Waals surface area contributed by atoms with Gasteiger partial charge in [-0.3, -0.25) is 19.3 Å². The number of para-hydroxylation sites is 1. The van der Waals surface area contributed by atoms with Gasteiger partial charge in [0.25, 0.3) is 11.8 Å². The smallest absolute Gasteiger partial charge is 0.264 e. The van der Waals surface area contributed by atoms with Crippen molar-refractivity contribution in [3.63, 3.8) is 0 Å². The Labute approximate surface area is 195 Å². The van der Waals surface area contributed by atoms with Crippen molar-refractivity contribution < 1.29 is 23.9 Å². The Kier molecular flexibility index (Phi) is 5.40. The average molecular weight is 461 g/mol. The minimum absolute atomic E-state index is 0.209. The zero-order valence-electron chi connectivity index (χ0n) is 18.7. The van der Waals surface area contributed by atoms with Crippen LogP contribution in [0.1, 0.15) is 32.4 Å². The molecule has 0 spiro atoms. The molecule has 0 radical (unpaired) electrons. The number of carbonyl (C=O) groups excluding carboxylic acids is 3. The number of nitrogens with zero attached hydrogens (tertiary/aromatic N) is 4. The molecule has 2 aliphatic heterocycles. The lowest BCUT2D eigenvalue weighted by Crippen LogP contribution is -2.51. The second-order valence-electron chi connectivity index (χ2n) is 7.91. The summed E-state index contributed by atoms with van der Waals surface area (Å²) in [5.41, 5.74) is 1.76. The van der Waals surface area contributed by atoms with Crippen LogP contribution in [0.5, 0.6) is 11.5 Å². The van der Waals surface area contributed by atoms with E-state index in [4.69, 9.17) is 9.47 Å². The summed E-state index contributed by atoms with van der Waals surface area (Å²) in [7, 11) is 2.96. The van der Waals surface area contributed by atoms with Gasteiger partial charge in [0.05, 0.1) is 37.4 Å². The van der Waals surface area contributed by atoms with E-state index in [1.54, 1.807) is 60.0 Å². The maximum Gasteiger partial charge on any atom is 0.264 e. The Hall–Kier alpha value is -4.34. The van der Waals surface area contributed by atoms with Gasteiger partial charge in [-0.1, -0.05) is 18.2 Å². The van der Waals surface area contributed by atoms with Crippen LogP contribution in [0.3, 0.4) is 0 Å². The molecule has 3 amide bonds. The first-order chi connectivity index (χ1) is 16.5. The van der Waals surface area contributed by atoms with Crippen molar-refractivity contribution >= 4 is 23.4 Å². The largest absolute Gasteiger partial charge is 0.493 e. The maximum absolute atomic E-state index is 13.6. The molecule has 10 heteroatoms. The SMILES string of the molecule is COc1ccc2c(c1OC)C(=O)N1c3ccccc3C(=O)N(CC(=O)NCCn3ccnc3)C21. The molecule has 0 saturated heterocycles. The summed E-state index contributed by atoms with van der Waals surface area (Å²) in [6.07, 6.45) is 4.36. The monoisotopic (exact) mass is 461 g/mol. The van der Waals surface area contributed by atoms with Crippen LogP contribution >= 0.6 is 0 Å². The quantitative estimate of drug-likeness (QED) is 0.576. The summed E-state index contributed by atoms with van der Waals surface area (Å²) in [6, 6.07) is 10.3. The zero-order valence-corrected chi connectivity index (χ0v) is 18.7. The number of nitrogens with one attached hydrogen (secondary N) is 1. The van der Waals surface area contributed by atoms with Crippen LogP contribution in [0.25, 0.3) is 0 Å². The molecule has 0 bridgehead atoms. The molecule has 0 saturated carbocycles. The molecule has 2 aliphatic rings. The zero-order chi connectivity index (χ0) is 23.8. The molecule has 1 atom stereocenters. The molecule has 2 aromatic carbocycles. The predicted octanol–water partition coefficient (Wildman–Crippen LogP) is 1.83. The fraction of sp³-hybridized carbons (Fsp3) is 0.250. The Morgan fingerprint density at radius 1 is 1.09 bits per heavy atom. The number of methoxy groups -OCH3 is 2. The number of imidazole rings is 1. The van der Waals surface area contributed by atoms with Gasteiger partial charge >= 0.3 is 0 Å². The van der Waals surface area contributed by atoms with E-state index in [-0.39, 0.29) is 24.3 Å². The van der Waals surface area contributed by atoms with Crippen LogP contribution in [0.2, 0.25) is 0 Å². The van der Waals surface area contributed by atoms with Gasteiger partial charge in [-0.15, -0.1) is 0 Å². The molecule has 10 nitrogen and oxygen atoms in total. The van der Waals surface area contributed by atoms with Crippen LogP contribution < -0.4 is 19.7 Å². The van der Waals surface area contributed by atoms with Gasteiger partial charge in [-0.25, -0.2) is 4.98 Å². The molecule has 1 N–H and O–H groups in total. The summed E-state index contributed by atoms with van der Waals surface area (Å²) < 4.78 is 12.7. The number of rotatable bonds is 7. The van der Waals surface area contributed by atoms with E-state index in [9.17, 15) is 14.4 Å². The summed E-state index contributed by atoms with van der Waals surface area (Å²) in [5.74, 6) is -0.251. The average Bonchev–Trinajstić information content (AvgIpc) is 3.47. The molecule has 3 heterocycles. The lowest BCUT2D eigenvalue weighted by molar-refractivity contribution is -0.122. The number of fused-ring (bicyclic) bond motifs is 5. The van der Waals surface area contributed by atoms with Crippen molar-refractivity contribution in [2.75, 3.05) is 32.2 Å². The van der Waals surface area contributed by atoms with E-state index < -0.39 is 6.17 Å². The first-order valence-corrected chi connectivity index (χ1v) is 10.8. The van der Waals surface area contributed by atoms with Crippen LogP contribution in [-0.4, -0.2) is 59.5 Å². The first-order valence-electron chi connectivity index (χ1n) is 10.8. The Balaban J connectivity index is 1.50. The second-order valence-corrected chi connectivity index (χ2v) is 7.91. The number of hydrogen-bond acceptors (Lipinski definition) is 6. The van der Waals surface area contributed by atoms with Crippen molar-refractivity contribution in [1.29, 1.82) is 0 Å². The molecular weight excluding hydrogens is 438 g/mol. The van der Waals surface area contributed by atoms with Gasteiger partial charge in [-0.2, -0.15) is 0 Å². The van der Waals surface area contributed by atoms with Crippen molar-refractivity contribution in [3.05, 3.63) is 71.8 Å². The number of amides is 3. The molecule has 0 fully saturated rings. The van der Waals surface area contributed by atoms with Gasteiger partial charge in [0.2, 0.25) is 5.91 Å². The highest BCUT2D eigenvalue weighted by Gasteiger charge is 2.50. The van der Waals surface area contributed by atoms with E-state index in [2.05, 4.69) is 10.3 Å². The molecule has 1 unspecified atom stereocenters. The van der Waals surface area contributed by atoms with Crippen molar-refractivity contribution in [2.45, 2.75) is 12.7 Å². The molecule has 0 aliphatic carbocycles. The van der Waals surface area contributed by atoms with E-state index in [0.717, 1.165) is 0 Å². The molecule has 5 rings (SSSR count). The van der Waals surface area contributed by atoms with Gasteiger partial charge in [0.1, 0.15) is 12.7 Å². The number of ether oxygens (including phenoxy) is 2. The van der Waals surface area contributed by atoms with Crippen molar-refractivity contribution in [2.24, 2.45) is 0 Å². The van der Waals surface area contributed by atoms with Crippen LogP contribution in [0.4, 0.5) is 5.69 Å². The summed E-state index contributed by atoms with van der Waals surface area (Å²) in [5, 5.41) is 2.84. The third-order valence-corrected chi connectivity index (χ3v) is 6.05. The topological polar surface area (TPSA) is 106 Å². The highest BCUT2D eigenvalue weighted by molar-refractivity contribution is 6.18. The minimum Gasteiger partial charge on any atom is -0.493 e. The normalized spacial score (nSPS) is 16.1. The summed E-state index contributed by atoms with van der Waals surface area (Å²) >= 11 is 0. The predicted molar refractivity (Wildman–Crippen MR) is 122 cm³/mol. The maximum atomic E-state index is 13.6. The fourth-order valence-corrected chi connectivity index (χ4v) is 4.54. The van der Waals surface area contributed by atoms with E-state index in [1.807, 2.05) is 4.57 Å². The molecule has 1 aromatic heterocycles. The highest BCUT2D eigenvalue weighted by Crippen LogP contribution is 2.49. The number of anilines is 1. The number of aromatic nitrogens is 2. The summed E-state index contributed by atoms with van der Waals surface area (Å²) in [6.45, 7) is 0.721. The molecule has 3 aromatic rings. The third-order valence-electron chi connectivity index (χ3n) is 6.05.